The molecule has 22 heavy (non-hydrogen) atoms. The number of hydrogen-bond donors (Lipinski definition) is 2. The van der Waals surface area contributed by atoms with E-state index >= 15 is 0 Å². The van der Waals surface area contributed by atoms with Gasteiger partial charge in [-0.1, -0.05) is 6.07 Å². The molecule has 1 unspecified atom stereocenters. The fourth-order valence-corrected chi connectivity index (χ4v) is 1.32. The van der Waals surface area contributed by atoms with Gasteiger partial charge in [-0.2, -0.15) is 0 Å². The Kier molecular flexibility index (Phi) is 5.85. The summed E-state index contributed by atoms with van der Waals surface area (Å²) in [7, 11) is 1.51. The van der Waals surface area contributed by atoms with Crippen LogP contribution in [0.15, 0.2) is 34.2 Å². The van der Waals surface area contributed by atoms with Crippen LogP contribution in [-0.2, 0) is 4.65 Å². The third-order valence-electron chi connectivity index (χ3n) is 3.55. The topological polar surface area (TPSA) is 87.7 Å². The summed E-state index contributed by atoms with van der Waals surface area (Å²) >= 11 is 0. The fourth-order valence-electron chi connectivity index (χ4n) is 1.32. The zero-order chi connectivity index (χ0) is 17.0. The number of nitrogens with zero attached hydrogens (tertiary/aromatic N) is 2. The van der Waals surface area contributed by atoms with Crippen LogP contribution in [0.3, 0.4) is 0 Å². The molecule has 6 nitrogen and oxygen atoms in total. The zero-order valence-electron chi connectivity index (χ0n) is 13.7. The number of aliphatic hydroxyl groups is 1. The van der Waals surface area contributed by atoms with E-state index in [-0.39, 0.29) is 17.3 Å². The Hall–Kier alpha value is -1.73. The third-order valence-corrected chi connectivity index (χ3v) is 3.55. The van der Waals surface area contributed by atoms with Crippen LogP contribution in [0.1, 0.15) is 34.6 Å². The molecule has 0 aliphatic rings. The Morgan fingerprint density at radius 3 is 2.64 bits per heavy atom. The molecule has 0 aliphatic heterocycles. The summed E-state index contributed by atoms with van der Waals surface area (Å²) in [4.78, 5) is 15.7. The number of aromatic nitrogens is 1. The predicted octanol–water partition coefficient (Wildman–Crippen LogP) is 1.28. The van der Waals surface area contributed by atoms with E-state index in [0.29, 0.717) is 0 Å². The minimum absolute atomic E-state index is 0.0207. The SMILES string of the molecule is CC([B]OC(C)(C)C(C)(C)O)N=CC(=N)n1ccccc1=O. The quantitative estimate of drug-likeness (QED) is 0.471. The first-order chi connectivity index (χ1) is 10.0. The van der Waals surface area contributed by atoms with Crippen molar-refractivity contribution >= 4 is 19.5 Å². The van der Waals surface area contributed by atoms with Crippen LogP contribution in [-0.4, -0.2) is 46.3 Å². The first-order valence-corrected chi connectivity index (χ1v) is 7.08. The lowest BCUT2D eigenvalue weighted by molar-refractivity contribution is -0.0908. The van der Waals surface area contributed by atoms with Gasteiger partial charge >= 0.3 is 7.48 Å². The highest BCUT2D eigenvalue weighted by Gasteiger charge is 2.36. The molecule has 0 saturated heterocycles. The van der Waals surface area contributed by atoms with Gasteiger partial charge in [-0.05, 0) is 40.7 Å². The van der Waals surface area contributed by atoms with Gasteiger partial charge in [0.25, 0.3) is 5.56 Å². The highest BCUT2D eigenvalue weighted by molar-refractivity contribution is 6.33. The Morgan fingerprint density at radius 1 is 1.45 bits per heavy atom. The molecule has 1 rings (SSSR count). The van der Waals surface area contributed by atoms with E-state index in [1.165, 1.54) is 30.5 Å². The van der Waals surface area contributed by atoms with Crippen LogP contribution in [0.2, 0.25) is 0 Å². The lowest BCUT2D eigenvalue weighted by Crippen LogP contribution is -2.49. The molecule has 0 bridgehead atoms. The molecule has 0 amide bonds. The van der Waals surface area contributed by atoms with Crippen LogP contribution < -0.4 is 5.56 Å². The van der Waals surface area contributed by atoms with Crippen molar-refractivity contribution < 1.29 is 9.76 Å². The summed E-state index contributed by atoms with van der Waals surface area (Å²) in [6, 6.07) is 4.67. The van der Waals surface area contributed by atoms with Crippen molar-refractivity contribution in [2.45, 2.75) is 51.8 Å². The van der Waals surface area contributed by atoms with Crippen molar-refractivity contribution in [1.82, 2.24) is 4.57 Å². The first-order valence-electron chi connectivity index (χ1n) is 7.08. The van der Waals surface area contributed by atoms with Gasteiger partial charge in [-0.25, -0.2) is 0 Å². The number of rotatable bonds is 6. The van der Waals surface area contributed by atoms with Crippen molar-refractivity contribution in [2.75, 3.05) is 0 Å². The molecule has 0 spiro atoms. The molecule has 1 aromatic heterocycles. The Labute approximate surface area is 131 Å². The molecule has 1 radical (unpaired) electrons. The van der Waals surface area contributed by atoms with Crippen molar-refractivity contribution in [3.63, 3.8) is 0 Å². The second kappa shape index (κ2) is 7.02. The fraction of sp³-hybridized carbons (Fsp3) is 0.533. The van der Waals surface area contributed by atoms with E-state index in [0.717, 1.165) is 0 Å². The molecule has 1 aromatic rings. The zero-order valence-corrected chi connectivity index (χ0v) is 13.7. The molecule has 1 atom stereocenters. The smallest absolute Gasteiger partial charge is 0.319 e. The van der Waals surface area contributed by atoms with Crippen LogP contribution in [0.4, 0.5) is 0 Å². The first kappa shape index (κ1) is 18.3. The minimum atomic E-state index is -1.00. The number of aliphatic imine (C=N–C) groups is 1. The number of nitrogens with one attached hydrogen (secondary N) is 1. The summed E-state index contributed by atoms with van der Waals surface area (Å²) in [5, 5.41) is 17.8. The minimum Gasteiger partial charge on any atom is -0.431 e. The van der Waals surface area contributed by atoms with Gasteiger partial charge in [0, 0.05) is 18.2 Å². The predicted molar refractivity (Wildman–Crippen MR) is 89.0 cm³/mol. The Balaban J connectivity index is 2.62. The van der Waals surface area contributed by atoms with E-state index in [1.54, 1.807) is 46.8 Å². The summed E-state index contributed by atoms with van der Waals surface area (Å²) < 4.78 is 6.78. The van der Waals surface area contributed by atoms with E-state index in [9.17, 15) is 9.90 Å². The molecule has 0 saturated carbocycles. The van der Waals surface area contributed by atoms with Gasteiger partial charge < -0.3 is 9.76 Å². The molecular formula is C15H23BN3O3. The third kappa shape index (κ3) is 4.93. The Bertz CT molecular complexity index is 603. The van der Waals surface area contributed by atoms with Gasteiger partial charge in [0.1, 0.15) is 5.84 Å². The average Bonchev–Trinajstić information content (AvgIpc) is 2.42. The summed E-state index contributed by atoms with van der Waals surface area (Å²) in [5.41, 5.74) is -2.05. The van der Waals surface area contributed by atoms with E-state index in [1.807, 2.05) is 0 Å². The highest BCUT2D eigenvalue weighted by Crippen LogP contribution is 2.24. The molecule has 0 aliphatic carbocycles. The average molecular weight is 304 g/mol. The molecule has 7 heteroatoms. The normalized spacial score (nSPS) is 14.1. The monoisotopic (exact) mass is 304 g/mol. The highest BCUT2D eigenvalue weighted by atomic mass is 16.5. The van der Waals surface area contributed by atoms with Crippen LogP contribution in [0.25, 0.3) is 0 Å². The van der Waals surface area contributed by atoms with Gasteiger partial charge in [-0.3, -0.25) is 19.8 Å². The van der Waals surface area contributed by atoms with Gasteiger partial charge in [0.05, 0.1) is 17.4 Å². The second-order valence-electron chi connectivity index (χ2n) is 6.14. The van der Waals surface area contributed by atoms with Crippen molar-refractivity contribution in [3.8, 4) is 0 Å². The lowest BCUT2D eigenvalue weighted by atomic mass is 9.83. The molecule has 0 fully saturated rings. The molecule has 2 N–H and O–H groups in total. The van der Waals surface area contributed by atoms with Crippen molar-refractivity contribution in [1.29, 1.82) is 5.41 Å². The summed E-state index contributed by atoms with van der Waals surface area (Å²) in [6.07, 6.45) is 2.82. The maximum atomic E-state index is 11.6. The molecule has 119 valence electrons. The largest absolute Gasteiger partial charge is 0.431 e. The van der Waals surface area contributed by atoms with Crippen LogP contribution in [0, 0.1) is 5.41 Å². The van der Waals surface area contributed by atoms with Crippen LogP contribution >= 0.6 is 0 Å². The van der Waals surface area contributed by atoms with Crippen molar-refractivity contribution in [3.05, 3.63) is 34.7 Å². The van der Waals surface area contributed by atoms with Crippen LogP contribution in [0.5, 0.6) is 0 Å². The van der Waals surface area contributed by atoms with Crippen molar-refractivity contribution in [2.24, 2.45) is 4.99 Å². The molecule has 0 aromatic carbocycles. The number of pyridine rings is 1. The standard InChI is InChI=1S/C15H23BN3O3/c1-11(16-22-15(4,5)14(2,3)21)18-10-12(17)19-9-7-6-8-13(19)20/h6-11,17,21H,1-5H3. The maximum Gasteiger partial charge on any atom is 0.319 e. The summed E-state index contributed by atoms with van der Waals surface area (Å²) in [6.45, 7) is 8.70. The summed E-state index contributed by atoms with van der Waals surface area (Å²) in [5.74, 6) is -0.339. The molecule has 1 heterocycles. The van der Waals surface area contributed by atoms with E-state index in [2.05, 4.69) is 4.99 Å². The number of hydrogen-bond acceptors (Lipinski definition) is 5. The van der Waals surface area contributed by atoms with Gasteiger partial charge in [0.15, 0.2) is 0 Å². The van der Waals surface area contributed by atoms with E-state index < -0.39 is 11.2 Å². The maximum absolute atomic E-state index is 11.6. The lowest BCUT2D eigenvalue weighted by Gasteiger charge is -2.38. The van der Waals surface area contributed by atoms with E-state index in [4.69, 9.17) is 10.1 Å². The Morgan fingerprint density at radius 2 is 2.09 bits per heavy atom. The van der Waals surface area contributed by atoms with Gasteiger partial charge in [0.2, 0.25) is 0 Å². The van der Waals surface area contributed by atoms with Gasteiger partial charge in [-0.15, -0.1) is 0 Å². The molecular weight excluding hydrogens is 281 g/mol. The second-order valence-corrected chi connectivity index (χ2v) is 6.14.